The summed E-state index contributed by atoms with van der Waals surface area (Å²) in [6, 6.07) is 15.5. The molecule has 0 unspecified atom stereocenters. The number of amides is 1. The monoisotopic (exact) mass is 380 g/mol. The van der Waals surface area contributed by atoms with E-state index in [1.54, 1.807) is 24.4 Å². The van der Waals surface area contributed by atoms with Crippen molar-refractivity contribution in [3.63, 3.8) is 0 Å². The minimum atomic E-state index is -0.725. The quantitative estimate of drug-likeness (QED) is 0.610. The molecule has 0 aliphatic heterocycles. The second-order valence-electron chi connectivity index (χ2n) is 6.07. The largest absolute Gasteiger partial charge is 0.439 e. The molecule has 3 rings (SSSR count). The number of carbonyl (C=O) groups is 1. The van der Waals surface area contributed by atoms with E-state index < -0.39 is 17.5 Å². The van der Waals surface area contributed by atoms with Crippen molar-refractivity contribution in [2.24, 2.45) is 0 Å². The number of ether oxygens (including phenoxy) is 1. The van der Waals surface area contributed by atoms with Gasteiger partial charge in [0.05, 0.1) is 6.04 Å². The Hall–Kier alpha value is -3.54. The van der Waals surface area contributed by atoms with Crippen LogP contribution in [0.3, 0.4) is 0 Å². The zero-order valence-corrected chi connectivity index (χ0v) is 15.1. The fourth-order valence-electron chi connectivity index (χ4n) is 2.52. The molecule has 0 radical (unpaired) electrons. The standard InChI is InChI=1S/C22H18F2N2O2/c1-15(26-21(27)11-9-16-8-10-18(23)14-20(16)24)17-5-4-6-19(13-17)28-22-7-2-3-12-25-22/h2-15H,1H3,(H,26,27)/b11-9+/t15-/m0/s1. The number of nitrogens with zero attached hydrogens (tertiary/aromatic N) is 1. The van der Waals surface area contributed by atoms with E-state index >= 15 is 0 Å². The number of aromatic nitrogens is 1. The molecule has 1 amide bonds. The van der Waals surface area contributed by atoms with Crippen LogP contribution in [0.15, 0.2) is 72.9 Å². The Balaban J connectivity index is 1.63. The zero-order valence-electron chi connectivity index (χ0n) is 15.1. The number of hydrogen-bond acceptors (Lipinski definition) is 3. The van der Waals surface area contributed by atoms with Gasteiger partial charge in [-0.05, 0) is 48.9 Å². The molecule has 6 heteroatoms. The number of rotatable bonds is 6. The van der Waals surface area contributed by atoms with E-state index in [1.807, 2.05) is 31.2 Å². The van der Waals surface area contributed by atoms with E-state index in [0.717, 1.165) is 17.7 Å². The first-order valence-electron chi connectivity index (χ1n) is 8.64. The van der Waals surface area contributed by atoms with E-state index in [-0.39, 0.29) is 11.6 Å². The van der Waals surface area contributed by atoms with Gasteiger partial charge in [0.2, 0.25) is 11.8 Å². The smallest absolute Gasteiger partial charge is 0.244 e. The van der Waals surface area contributed by atoms with Crippen LogP contribution < -0.4 is 10.1 Å². The van der Waals surface area contributed by atoms with Crippen molar-refractivity contribution in [1.29, 1.82) is 0 Å². The van der Waals surface area contributed by atoms with Gasteiger partial charge in [-0.2, -0.15) is 0 Å². The first-order chi connectivity index (χ1) is 13.5. The highest BCUT2D eigenvalue weighted by Crippen LogP contribution is 2.23. The van der Waals surface area contributed by atoms with E-state index in [1.165, 1.54) is 18.2 Å². The van der Waals surface area contributed by atoms with Gasteiger partial charge >= 0.3 is 0 Å². The molecule has 3 aromatic rings. The fourth-order valence-corrected chi connectivity index (χ4v) is 2.52. The Morgan fingerprint density at radius 1 is 1.11 bits per heavy atom. The van der Waals surface area contributed by atoms with Gasteiger partial charge in [-0.1, -0.05) is 18.2 Å². The zero-order chi connectivity index (χ0) is 19.9. The summed E-state index contributed by atoms with van der Waals surface area (Å²) >= 11 is 0. The Labute approximate surface area is 161 Å². The molecule has 0 bridgehead atoms. The highest BCUT2D eigenvalue weighted by atomic mass is 19.1. The molecule has 0 spiro atoms. The summed E-state index contributed by atoms with van der Waals surface area (Å²) in [6.07, 6.45) is 4.15. The number of carbonyl (C=O) groups excluding carboxylic acids is 1. The molecule has 4 nitrogen and oxygen atoms in total. The van der Waals surface area contributed by atoms with Gasteiger partial charge in [0.1, 0.15) is 17.4 Å². The van der Waals surface area contributed by atoms with Gasteiger partial charge in [-0.3, -0.25) is 4.79 Å². The summed E-state index contributed by atoms with van der Waals surface area (Å²) in [5.41, 5.74) is 0.970. The molecule has 142 valence electrons. The molecule has 2 aromatic carbocycles. The molecular weight excluding hydrogens is 362 g/mol. The third-order valence-corrected chi connectivity index (χ3v) is 3.95. The highest BCUT2D eigenvalue weighted by molar-refractivity contribution is 5.92. The molecule has 1 aromatic heterocycles. The molecule has 1 heterocycles. The van der Waals surface area contributed by atoms with Gasteiger partial charge in [0, 0.05) is 30.0 Å². The van der Waals surface area contributed by atoms with Crippen LogP contribution in [0.1, 0.15) is 24.1 Å². The van der Waals surface area contributed by atoms with E-state index in [2.05, 4.69) is 10.3 Å². The number of nitrogens with one attached hydrogen (secondary N) is 1. The Morgan fingerprint density at radius 2 is 1.96 bits per heavy atom. The van der Waals surface area contributed by atoms with Crippen LogP contribution >= 0.6 is 0 Å². The summed E-state index contributed by atoms with van der Waals surface area (Å²) in [5, 5.41) is 2.79. The highest BCUT2D eigenvalue weighted by Gasteiger charge is 2.09. The second kappa shape index (κ2) is 8.90. The summed E-state index contributed by atoms with van der Waals surface area (Å²) in [4.78, 5) is 16.2. The first-order valence-corrected chi connectivity index (χ1v) is 8.64. The van der Waals surface area contributed by atoms with Gasteiger partial charge < -0.3 is 10.1 Å². The van der Waals surface area contributed by atoms with E-state index in [9.17, 15) is 13.6 Å². The predicted molar refractivity (Wildman–Crippen MR) is 103 cm³/mol. The van der Waals surface area contributed by atoms with Crippen LogP contribution in [0.4, 0.5) is 8.78 Å². The summed E-state index contributed by atoms with van der Waals surface area (Å²) in [5.74, 6) is -0.717. The molecule has 1 N–H and O–H groups in total. The molecule has 0 saturated carbocycles. The van der Waals surface area contributed by atoms with Gasteiger partial charge in [-0.15, -0.1) is 0 Å². The first kappa shape index (κ1) is 19.2. The van der Waals surface area contributed by atoms with Crippen molar-refractivity contribution in [2.45, 2.75) is 13.0 Å². The number of benzene rings is 2. The summed E-state index contributed by atoms with van der Waals surface area (Å²) < 4.78 is 32.2. The predicted octanol–water partition coefficient (Wildman–Crippen LogP) is 5.04. The third-order valence-electron chi connectivity index (χ3n) is 3.95. The second-order valence-corrected chi connectivity index (χ2v) is 6.07. The Kier molecular flexibility index (Phi) is 6.11. The van der Waals surface area contributed by atoms with Crippen LogP contribution in [0.5, 0.6) is 11.6 Å². The molecule has 0 fully saturated rings. The fraction of sp³-hybridized carbons (Fsp3) is 0.0909. The van der Waals surface area contributed by atoms with Crippen molar-refractivity contribution in [3.05, 3.63) is 95.7 Å². The van der Waals surface area contributed by atoms with Crippen LogP contribution in [-0.2, 0) is 4.79 Å². The number of halogens is 2. The third kappa shape index (κ3) is 5.23. The van der Waals surface area contributed by atoms with Crippen molar-refractivity contribution in [2.75, 3.05) is 0 Å². The molecule has 0 aliphatic carbocycles. The van der Waals surface area contributed by atoms with Crippen LogP contribution in [0.25, 0.3) is 6.08 Å². The average Bonchev–Trinajstić information content (AvgIpc) is 2.68. The van der Waals surface area contributed by atoms with E-state index in [0.29, 0.717) is 11.6 Å². The van der Waals surface area contributed by atoms with Crippen molar-refractivity contribution in [1.82, 2.24) is 10.3 Å². The van der Waals surface area contributed by atoms with Crippen molar-refractivity contribution in [3.8, 4) is 11.6 Å². The topological polar surface area (TPSA) is 51.2 Å². The maximum Gasteiger partial charge on any atom is 0.244 e. The van der Waals surface area contributed by atoms with Crippen LogP contribution in [-0.4, -0.2) is 10.9 Å². The van der Waals surface area contributed by atoms with Gasteiger partial charge in [0.15, 0.2) is 0 Å². The van der Waals surface area contributed by atoms with Gasteiger partial charge in [0.25, 0.3) is 0 Å². The summed E-state index contributed by atoms with van der Waals surface area (Å²) in [7, 11) is 0. The van der Waals surface area contributed by atoms with Crippen LogP contribution in [0.2, 0.25) is 0 Å². The number of pyridine rings is 1. The maximum absolute atomic E-state index is 13.6. The molecule has 0 saturated heterocycles. The summed E-state index contributed by atoms with van der Waals surface area (Å²) in [6.45, 7) is 1.82. The maximum atomic E-state index is 13.6. The minimum Gasteiger partial charge on any atom is -0.439 e. The van der Waals surface area contributed by atoms with Crippen molar-refractivity contribution >= 4 is 12.0 Å². The Morgan fingerprint density at radius 3 is 2.71 bits per heavy atom. The lowest BCUT2D eigenvalue weighted by Gasteiger charge is -2.14. The Bertz CT molecular complexity index is 991. The lowest BCUT2D eigenvalue weighted by molar-refractivity contribution is -0.117. The lowest BCUT2D eigenvalue weighted by Crippen LogP contribution is -2.24. The average molecular weight is 380 g/mol. The van der Waals surface area contributed by atoms with Crippen molar-refractivity contribution < 1.29 is 18.3 Å². The SMILES string of the molecule is C[C@H](NC(=O)/C=C/c1ccc(F)cc1F)c1cccc(Oc2ccccn2)c1. The molecular formula is C22H18F2N2O2. The molecule has 0 aliphatic rings. The van der Waals surface area contributed by atoms with E-state index in [4.69, 9.17) is 4.74 Å². The molecule has 28 heavy (non-hydrogen) atoms. The van der Waals surface area contributed by atoms with Gasteiger partial charge in [-0.25, -0.2) is 13.8 Å². The lowest BCUT2D eigenvalue weighted by atomic mass is 10.1. The van der Waals surface area contributed by atoms with Crippen LogP contribution in [0, 0.1) is 11.6 Å². The minimum absolute atomic E-state index is 0.134. The number of hydrogen-bond donors (Lipinski definition) is 1. The molecule has 1 atom stereocenters. The normalized spacial score (nSPS) is 12.0.